The van der Waals surface area contributed by atoms with E-state index in [4.69, 9.17) is 11.6 Å². The molecule has 0 aromatic heterocycles. The number of hydrogen-bond donors (Lipinski definition) is 0. The largest absolute Gasteiger partial charge is 0.369 e. The minimum absolute atomic E-state index is 0.187. The summed E-state index contributed by atoms with van der Waals surface area (Å²) in [6.07, 6.45) is 8.88. The van der Waals surface area contributed by atoms with Gasteiger partial charge in [-0.25, -0.2) is 0 Å². The van der Waals surface area contributed by atoms with Crippen LogP contribution in [0, 0.1) is 0 Å². The average Bonchev–Trinajstić information content (AvgIpc) is 2.36. The summed E-state index contributed by atoms with van der Waals surface area (Å²) in [5, 5.41) is 0.821. The summed E-state index contributed by atoms with van der Waals surface area (Å²) in [5.41, 5.74) is 2.88. The Morgan fingerprint density at radius 3 is 2.68 bits per heavy atom. The molecule has 1 aliphatic rings. The van der Waals surface area contributed by atoms with Crippen molar-refractivity contribution in [1.29, 1.82) is 0 Å². The minimum Gasteiger partial charge on any atom is -0.369 e. The zero-order valence-corrected chi connectivity index (χ0v) is 12.7. The second-order valence-electron chi connectivity index (χ2n) is 6.06. The fraction of sp³-hybridized carbons (Fsp3) is 0.412. The zero-order valence-electron chi connectivity index (χ0n) is 12.0. The number of halogens is 1. The number of allylic oxidation sites excluding steroid dienone is 2. The van der Waals surface area contributed by atoms with Gasteiger partial charge in [0, 0.05) is 23.3 Å². The topological polar surface area (TPSA) is 3.24 Å². The quantitative estimate of drug-likeness (QED) is 0.764. The molecule has 0 spiro atoms. The van der Waals surface area contributed by atoms with Gasteiger partial charge < -0.3 is 4.90 Å². The summed E-state index contributed by atoms with van der Waals surface area (Å²) < 4.78 is 0. The SMILES string of the molecule is CC(C)(C)N1C=C(CCc2cccc(Cl)c2)C=CC1. The summed E-state index contributed by atoms with van der Waals surface area (Å²) in [6.45, 7) is 7.75. The van der Waals surface area contributed by atoms with E-state index in [1.165, 1.54) is 11.1 Å². The van der Waals surface area contributed by atoms with Crippen LogP contribution in [0.5, 0.6) is 0 Å². The van der Waals surface area contributed by atoms with Crippen LogP contribution in [-0.2, 0) is 6.42 Å². The number of benzene rings is 1. The van der Waals surface area contributed by atoms with E-state index in [0.717, 1.165) is 24.4 Å². The molecule has 1 nitrogen and oxygen atoms in total. The molecular weight excluding hydrogens is 254 g/mol. The van der Waals surface area contributed by atoms with Gasteiger partial charge in [0.25, 0.3) is 0 Å². The highest BCUT2D eigenvalue weighted by Gasteiger charge is 2.18. The second kappa shape index (κ2) is 5.83. The highest BCUT2D eigenvalue weighted by Crippen LogP contribution is 2.22. The van der Waals surface area contributed by atoms with Gasteiger partial charge in [0.15, 0.2) is 0 Å². The Balaban J connectivity index is 1.99. The molecule has 102 valence electrons. The van der Waals surface area contributed by atoms with Crippen molar-refractivity contribution < 1.29 is 0 Å². The first-order chi connectivity index (χ1) is 8.95. The first-order valence-corrected chi connectivity index (χ1v) is 7.21. The molecule has 19 heavy (non-hydrogen) atoms. The van der Waals surface area contributed by atoms with E-state index in [0.29, 0.717) is 0 Å². The summed E-state index contributed by atoms with van der Waals surface area (Å²) in [4.78, 5) is 2.39. The van der Waals surface area contributed by atoms with Gasteiger partial charge in [-0.2, -0.15) is 0 Å². The molecule has 0 unspecified atom stereocenters. The van der Waals surface area contributed by atoms with Crippen LogP contribution < -0.4 is 0 Å². The van der Waals surface area contributed by atoms with Crippen molar-refractivity contribution in [3.05, 3.63) is 58.8 Å². The molecule has 2 heteroatoms. The van der Waals surface area contributed by atoms with E-state index in [2.05, 4.69) is 56.2 Å². The standard InChI is InChI=1S/C17H22ClN/c1-17(2,3)19-11-5-7-15(13-19)10-9-14-6-4-8-16(18)12-14/h4-8,12-13H,9-11H2,1-3H3. The maximum Gasteiger partial charge on any atom is 0.0408 e. The van der Waals surface area contributed by atoms with Gasteiger partial charge in [0.05, 0.1) is 0 Å². The molecule has 0 radical (unpaired) electrons. The van der Waals surface area contributed by atoms with Gasteiger partial charge in [-0.15, -0.1) is 0 Å². The number of hydrogen-bond acceptors (Lipinski definition) is 1. The van der Waals surface area contributed by atoms with Crippen molar-refractivity contribution in [2.45, 2.75) is 39.2 Å². The molecule has 0 saturated carbocycles. The van der Waals surface area contributed by atoms with Crippen molar-refractivity contribution in [3.8, 4) is 0 Å². The van der Waals surface area contributed by atoms with Crippen molar-refractivity contribution in [2.24, 2.45) is 0 Å². The second-order valence-corrected chi connectivity index (χ2v) is 6.50. The lowest BCUT2D eigenvalue weighted by molar-refractivity contribution is 0.222. The minimum atomic E-state index is 0.187. The van der Waals surface area contributed by atoms with Gasteiger partial charge in [-0.3, -0.25) is 0 Å². The molecule has 1 heterocycles. The molecule has 0 bridgehead atoms. The zero-order chi connectivity index (χ0) is 13.9. The fourth-order valence-corrected chi connectivity index (χ4v) is 2.42. The first kappa shape index (κ1) is 14.2. The van der Waals surface area contributed by atoms with Crippen LogP contribution in [0.4, 0.5) is 0 Å². The van der Waals surface area contributed by atoms with E-state index < -0.39 is 0 Å². The highest BCUT2D eigenvalue weighted by molar-refractivity contribution is 6.30. The third kappa shape index (κ3) is 4.14. The van der Waals surface area contributed by atoms with Crippen LogP contribution in [0.15, 0.2) is 48.2 Å². The van der Waals surface area contributed by atoms with Gasteiger partial charge in [-0.1, -0.05) is 35.9 Å². The molecular formula is C17H22ClN. The Labute approximate surface area is 121 Å². The smallest absolute Gasteiger partial charge is 0.0408 e. The number of rotatable bonds is 3. The monoisotopic (exact) mass is 275 g/mol. The van der Waals surface area contributed by atoms with Gasteiger partial charge in [0.2, 0.25) is 0 Å². The molecule has 0 atom stereocenters. The van der Waals surface area contributed by atoms with Crippen molar-refractivity contribution >= 4 is 11.6 Å². The molecule has 0 saturated heterocycles. The van der Waals surface area contributed by atoms with Crippen LogP contribution in [-0.4, -0.2) is 17.0 Å². The molecule has 0 N–H and O–H groups in total. The summed E-state index contributed by atoms with van der Waals surface area (Å²) in [7, 11) is 0. The van der Waals surface area contributed by atoms with Crippen molar-refractivity contribution in [3.63, 3.8) is 0 Å². The molecule has 0 fully saturated rings. The van der Waals surface area contributed by atoms with Crippen molar-refractivity contribution in [2.75, 3.05) is 6.54 Å². The van der Waals surface area contributed by atoms with E-state index >= 15 is 0 Å². The lowest BCUT2D eigenvalue weighted by Crippen LogP contribution is -2.38. The Hall–Kier alpha value is -1.21. The Bertz CT molecular complexity index is 494. The lowest BCUT2D eigenvalue weighted by Gasteiger charge is -2.36. The molecule has 0 aliphatic carbocycles. The van der Waals surface area contributed by atoms with Gasteiger partial charge >= 0.3 is 0 Å². The number of aryl methyl sites for hydroxylation is 1. The number of nitrogens with zero attached hydrogens (tertiary/aromatic N) is 1. The van der Waals surface area contributed by atoms with Crippen LogP contribution in [0.1, 0.15) is 32.8 Å². The predicted octanol–water partition coefficient (Wildman–Crippen LogP) is 4.83. The molecule has 2 rings (SSSR count). The third-order valence-electron chi connectivity index (χ3n) is 3.41. The van der Waals surface area contributed by atoms with E-state index in [1.807, 2.05) is 12.1 Å². The van der Waals surface area contributed by atoms with Gasteiger partial charge in [0.1, 0.15) is 0 Å². The maximum absolute atomic E-state index is 6.01. The summed E-state index contributed by atoms with van der Waals surface area (Å²) in [6, 6.07) is 8.13. The summed E-state index contributed by atoms with van der Waals surface area (Å²) in [5.74, 6) is 0. The highest BCUT2D eigenvalue weighted by atomic mass is 35.5. The van der Waals surface area contributed by atoms with E-state index in [9.17, 15) is 0 Å². The normalized spacial score (nSPS) is 15.6. The Kier molecular flexibility index (Phi) is 4.36. The molecule has 1 aromatic carbocycles. The summed E-state index contributed by atoms with van der Waals surface area (Å²) >= 11 is 6.01. The van der Waals surface area contributed by atoms with Crippen LogP contribution in [0.25, 0.3) is 0 Å². The van der Waals surface area contributed by atoms with Crippen LogP contribution in [0.3, 0.4) is 0 Å². The van der Waals surface area contributed by atoms with Gasteiger partial charge in [-0.05, 0) is 56.9 Å². The van der Waals surface area contributed by atoms with Crippen LogP contribution >= 0.6 is 11.6 Å². The Morgan fingerprint density at radius 1 is 1.21 bits per heavy atom. The lowest BCUT2D eigenvalue weighted by atomic mass is 10.0. The predicted molar refractivity (Wildman–Crippen MR) is 83.5 cm³/mol. The third-order valence-corrected chi connectivity index (χ3v) is 3.64. The molecule has 1 aliphatic heterocycles. The fourth-order valence-electron chi connectivity index (χ4n) is 2.21. The average molecular weight is 276 g/mol. The van der Waals surface area contributed by atoms with E-state index in [1.54, 1.807) is 0 Å². The van der Waals surface area contributed by atoms with Crippen molar-refractivity contribution in [1.82, 2.24) is 4.90 Å². The first-order valence-electron chi connectivity index (χ1n) is 6.83. The maximum atomic E-state index is 6.01. The van der Waals surface area contributed by atoms with E-state index in [-0.39, 0.29) is 5.54 Å². The van der Waals surface area contributed by atoms with Crippen LogP contribution in [0.2, 0.25) is 5.02 Å². The molecule has 0 amide bonds. The Morgan fingerprint density at radius 2 is 2.00 bits per heavy atom. The molecule has 1 aromatic rings.